The van der Waals surface area contributed by atoms with Crippen LogP contribution in [-0.4, -0.2) is 30.6 Å². The highest BCUT2D eigenvalue weighted by Gasteiger charge is 2.30. The highest BCUT2D eigenvalue weighted by molar-refractivity contribution is 6.18. The monoisotopic (exact) mass is 276 g/mol. The van der Waals surface area contributed by atoms with Gasteiger partial charge in [-0.2, -0.15) is 0 Å². The molecule has 3 rings (SSSR count). The minimum absolute atomic E-state index is 0.600. The number of hydrogen-bond acceptors (Lipinski definition) is 3. The number of ether oxygens (including phenoxy) is 1. The van der Waals surface area contributed by atoms with Gasteiger partial charge in [0.25, 0.3) is 0 Å². The van der Waals surface area contributed by atoms with Crippen LogP contribution >= 0.6 is 11.6 Å². The van der Waals surface area contributed by atoms with Crippen molar-refractivity contribution in [3.05, 3.63) is 30.5 Å². The largest absolute Gasteiger partial charge is 0.497 e. The molecule has 1 aliphatic carbocycles. The number of alkyl halides is 1. The van der Waals surface area contributed by atoms with Gasteiger partial charge in [-0.1, -0.05) is 6.07 Å². The van der Waals surface area contributed by atoms with E-state index < -0.39 is 0 Å². The van der Waals surface area contributed by atoms with Crippen molar-refractivity contribution in [2.24, 2.45) is 0 Å². The Hall–Kier alpha value is -1.48. The summed E-state index contributed by atoms with van der Waals surface area (Å²) in [5.74, 6) is 2.52. The summed E-state index contributed by atoms with van der Waals surface area (Å²) in [4.78, 5) is 6.90. The number of benzene rings is 1. The summed E-state index contributed by atoms with van der Waals surface area (Å²) < 4.78 is 5.32. The van der Waals surface area contributed by atoms with Gasteiger partial charge >= 0.3 is 0 Å². The predicted octanol–water partition coefficient (Wildman–Crippen LogP) is 3.45. The minimum Gasteiger partial charge on any atom is -0.497 e. The van der Waals surface area contributed by atoms with Gasteiger partial charge in [0.2, 0.25) is 0 Å². The molecule has 0 unspecified atom stereocenters. The number of anilines is 1. The topological polar surface area (TPSA) is 25.4 Å². The summed E-state index contributed by atoms with van der Waals surface area (Å²) >= 11 is 5.93. The van der Waals surface area contributed by atoms with Crippen LogP contribution in [-0.2, 0) is 0 Å². The van der Waals surface area contributed by atoms with Crippen LogP contribution in [0.4, 0.5) is 5.82 Å². The molecular weight excluding hydrogens is 260 g/mol. The van der Waals surface area contributed by atoms with Gasteiger partial charge in [-0.25, -0.2) is 4.98 Å². The van der Waals surface area contributed by atoms with Crippen LogP contribution in [0.1, 0.15) is 12.8 Å². The molecule has 4 heteroatoms. The van der Waals surface area contributed by atoms with E-state index in [0.29, 0.717) is 11.9 Å². The molecule has 1 heterocycles. The first kappa shape index (κ1) is 12.5. The molecule has 1 fully saturated rings. The molecule has 100 valence electrons. The van der Waals surface area contributed by atoms with E-state index >= 15 is 0 Å². The molecule has 0 saturated heterocycles. The lowest BCUT2D eigenvalue weighted by Crippen LogP contribution is -2.28. The van der Waals surface area contributed by atoms with Crippen molar-refractivity contribution in [2.75, 3.05) is 24.4 Å². The van der Waals surface area contributed by atoms with E-state index in [0.717, 1.165) is 23.5 Å². The molecule has 0 atom stereocenters. The van der Waals surface area contributed by atoms with Gasteiger partial charge in [0.05, 0.1) is 7.11 Å². The van der Waals surface area contributed by atoms with Gasteiger partial charge in [-0.05, 0) is 36.4 Å². The molecule has 0 spiro atoms. The van der Waals surface area contributed by atoms with Crippen molar-refractivity contribution in [3.8, 4) is 5.75 Å². The second kappa shape index (κ2) is 5.25. The van der Waals surface area contributed by atoms with Crippen molar-refractivity contribution in [1.82, 2.24) is 4.98 Å². The van der Waals surface area contributed by atoms with Crippen LogP contribution in [0, 0.1) is 0 Å². The van der Waals surface area contributed by atoms with E-state index in [1.165, 1.54) is 18.2 Å². The molecule has 1 saturated carbocycles. The van der Waals surface area contributed by atoms with Crippen molar-refractivity contribution >= 4 is 28.2 Å². The van der Waals surface area contributed by atoms with Crippen LogP contribution in [0.25, 0.3) is 10.8 Å². The predicted molar refractivity (Wildman–Crippen MR) is 79.4 cm³/mol. The van der Waals surface area contributed by atoms with E-state index in [9.17, 15) is 0 Å². The number of rotatable bonds is 5. The summed E-state index contributed by atoms with van der Waals surface area (Å²) in [6.07, 6.45) is 4.34. The third-order valence-electron chi connectivity index (χ3n) is 3.54. The highest BCUT2D eigenvalue weighted by Crippen LogP contribution is 2.35. The zero-order chi connectivity index (χ0) is 13.2. The van der Waals surface area contributed by atoms with Gasteiger partial charge in [-0.3, -0.25) is 0 Å². The Bertz CT molecular complexity index is 583. The molecule has 1 aromatic carbocycles. The Morgan fingerprint density at radius 1 is 1.37 bits per heavy atom. The zero-order valence-corrected chi connectivity index (χ0v) is 11.7. The standard InChI is InChI=1S/C15H17ClN2O/c1-19-13-5-2-11-6-8-17-15(14(11)10-13)18(9-7-16)12-3-4-12/h2,5-6,8,10,12H,3-4,7,9H2,1H3. The molecule has 2 aromatic rings. The molecule has 1 aromatic heterocycles. The SMILES string of the molecule is COc1ccc2ccnc(N(CCCl)C3CC3)c2c1. The smallest absolute Gasteiger partial charge is 0.136 e. The van der Waals surface area contributed by atoms with Crippen LogP contribution in [0.5, 0.6) is 5.75 Å². The van der Waals surface area contributed by atoms with E-state index in [-0.39, 0.29) is 0 Å². The average Bonchev–Trinajstić information content (AvgIpc) is 3.28. The molecule has 0 amide bonds. The van der Waals surface area contributed by atoms with Crippen molar-refractivity contribution in [2.45, 2.75) is 18.9 Å². The van der Waals surface area contributed by atoms with E-state index in [4.69, 9.17) is 16.3 Å². The zero-order valence-electron chi connectivity index (χ0n) is 11.0. The quantitative estimate of drug-likeness (QED) is 0.782. The summed E-state index contributed by atoms with van der Waals surface area (Å²) in [7, 11) is 1.69. The van der Waals surface area contributed by atoms with Gasteiger partial charge in [0.15, 0.2) is 0 Å². The Kier molecular flexibility index (Phi) is 3.47. The fourth-order valence-corrected chi connectivity index (χ4v) is 2.61. The van der Waals surface area contributed by atoms with Crippen molar-refractivity contribution in [1.29, 1.82) is 0 Å². The lowest BCUT2D eigenvalue weighted by Gasteiger charge is -2.24. The van der Waals surface area contributed by atoms with E-state index in [1.54, 1.807) is 7.11 Å². The van der Waals surface area contributed by atoms with E-state index in [2.05, 4.69) is 22.0 Å². The average molecular weight is 277 g/mol. The first-order chi connectivity index (χ1) is 9.33. The maximum Gasteiger partial charge on any atom is 0.136 e. The van der Waals surface area contributed by atoms with Crippen LogP contribution in [0.15, 0.2) is 30.5 Å². The number of hydrogen-bond donors (Lipinski definition) is 0. The van der Waals surface area contributed by atoms with Crippen LogP contribution < -0.4 is 9.64 Å². The molecule has 3 nitrogen and oxygen atoms in total. The number of pyridine rings is 1. The highest BCUT2D eigenvalue weighted by atomic mass is 35.5. The Morgan fingerprint density at radius 3 is 2.89 bits per heavy atom. The minimum atomic E-state index is 0.600. The fraction of sp³-hybridized carbons (Fsp3) is 0.400. The molecule has 0 radical (unpaired) electrons. The Morgan fingerprint density at radius 2 is 2.21 bits per heavy atom. The first-order valence-electron chi connectivity index (χ1n) is 6.59. The molecule has 0 bridgehead atoms. The number of halogens is 1. The second-order valence-electron chi connectivity index (χ2n) is 4.84. The Labute approximate surface area is 118 Å². The number of aromatic nitrogens is 1. The molecule has 19 heavy (non-hydrogen) atoms. The number of nitrogens with zero attached hydrogens (tertiary/aromatic N) is 2. The Balaban J connectivity index is 2.10. The normalized spacial score (nSPS) is 14.6. The lowest BCUT2D eigenvalue weighted by molar-refractivity contribution is 0.415. The third-order valence-corrected chi connectivity index (χ3v) is 3.71. The molecule has 1 aliphatic rings. The van der Waals surface area contributed by atoms with Gasteiger partial charge in [-0.15, -0.1) is 11.6 Å². The van der Waals surface area contributed by atoms with Gasteiger partial charge in [0.1, 0.15) is 11.6 Å². The van der Waals surface area contributed by atoms with E-state index in [1.807, 2.05) is 18.3 Å². The van der Waals surface area contributed by atoms with Gasteiger partial charge < -0.3 is 9.64 Å². The maximum atomic E-state index is 5.93. The fourth-order valence-electron chi connectivity index (χ4n) is 2.43. The van der Waals surface area contributed by atoms with Crippen molar-refractivity contribution in [3.63, 3.8) is 0 Å². The third kappa shape index (κ3) is 2.47. The lowest BCUT2D eigenvalue weighted by atomic mass is 10.1. The summed E-state index contributed by atoms with van der Waals surface area (Å²) in [6, 6.07) is 8.74. The molecule has 0 N–H and O–H groups in total. The first-order valence-corrected chi connectivity index (χ1v) is 7.12. The summed E-state index contributed by atoms with van der Waals surface area (Å²) in [5, 5.41) is 2.32. The number of methoxy groups -OCH3 is 1. The van der Waals surface area contributed by atoms with Crippen LogP contribution in [0.3, 0.4) is 0 Å². The molecular formula is C15H17ClN2O. The van der Waals surface area contributed by atoms with Crippen LogP contribution in [0.2, 0.25) is 0 Å². The second-order valence-corrected chi connectivity index (χ2v) is 5.21. The summed E-state index contributed by atoms with van der Waals surface area (Å²) in [5.41, 5.74) is 0. The van der Waals surface area contributed by atoms with Crippen molar-refractivity contribution < 1.29 is 4.74 Å². The maximum absolute atomic E-state index is 5.93. The van der Waals surface area contributed by atoms with Gasteiger partial charge in [0, 0.05) is 30.0 Å². The number of fused-ring (bicyclic) bond motifs is 1. The molecule has 0 aliphatic heterocycles. The summed E-state index contributed by atoms with van der Waals surface area (Å²) in [6.45, 7) is 0.843.